The topological polar surface area (TPSA) is 58.6 Å². The Bertz CT molecular complexity index is 639. The molecule has 0 unspecified atom stereocenters. The van der Waals surface area contributed by atoms with Gasteiger partial charge in [-0.05, 0) is 18.9 Å². The van der Waals surface area contributed by atoms with Crippen molar-refractivity contribution in [2.45, 2.75) is 50.6 Å². The third-order valence-corrected chi connectivity index (χ3v) is 5.57. The van der Waals surface area contributed by atoms with Crippen LogP contribution in [0.25, 0.3) is 0 Å². The Labute approximate surface area is 142 Å². The van der Waals surface area contributed by atoms with Gasteiger partial charge in [-0.2, -0.15) is 0 Å². The fourth-order valence-corrected chi connectivity index (χ4v) is 4.26. The van der Waals surface area contributed by atoms with Crippen LogP contribution in [0.2, 0.25) is 0 Å². The van der Waals surface area contributed by atoms with Gasteiger partial charge in [-0.15, -0.1) is 0 Å². The number of carbonyl (C=O) groups is 2. The van der Waals surface area contributed by atoms with Gasteiger partial charge in [-0.25, -0.2) is 0 Å². The van der Waals surface area contributed by atoms with Crippen molar-refractivity contribution in [1.29, 1.82) is 0 Å². The molecule has 4 rings (SSSR count). The summed E-state index contributed by atoms with van der Waals surface area (Å²) in [5.41, 5.74) is 1.04. The zero-order chi connectivity index (χ0) is 16.5. The van der Waals surface area contributed by atoms with E-state index in [0.717, 1.165) is 30.6 Å². The molecule has 2 atom stereocenters. The second kappa shape index (κ2) is 6.46. The molecule has 2 heterocycles. The molecule has 0 spiro atoms. The largest absolute Gasteiger partial charge is 0.493 e. The third-order valence-electron chi connectivity index (χ3n) is 5.57. The fourth-order valence-electron chi connectivity index (χ4n) is 4.26. The molecule has 5 heteroatoms. The number of nitrogens with one attached hydrogen (secondary N) is 1. The quantitative estimate of drug-likeness (QED) is 0.927. The minimum absolute atomic E-state index is 0.00514. The molecule has 1 aromatic carbocycles. The van der Waals surface area contributed by atoms with Crippen LogP contribution in [-0.4, -0.2) is 35.9 Å². The summed E-state index contributed by atoms with van der Waals surface area (Å²) >= 11 is 0. The minimum Gasteiger partial charge on any atom is -0.493 e. The van der Waals surface area contributed by atoms with Crippen molar-refractivity contribution in [3.8, 4) is 5.75 Å². The molecule has 1 aliphatic carbocycles. The van der Waals surface area contributed by atoms with Crippen LogP contribution in [0.3, 0.4) is 0 Å². The Morgan fingerprint density at radius 2 is 1.96 bits per heavy atom. The first-order chi connectivity index (χ1) is 11.7. The van der Waals surface area contributed by atoms with Crippen LogP contribution >= 0.6 is 0 Å². The highest BCUT2D eigenvalue weighted by atomic mass is 16.5. The summed E-state index contributed by atoms with van der Waals surface area (Å²) in [6, 6.07) is 8.20. The van der Waals surface area contributed by atoms with Gasteiger partial charge in [0, 0.05) is 31.0 Å². The van der Waals surface area contributed by atoms with Gasteiger partial charge < -0.3 is 15.0 Å². The molecular weight excluding hydrogens is 304 g/mol. The zero-order valence-electron chi connectivity index (χ0n) is 13.9. The van der Waals surface area contributed by atoms with E-state index in [4.69, 9.17) is 4.74 Å². The lowest BCUT2D eigenvalue weighted by Gasteiger charge is -2.28. The molecular formula is C19H24N2O3. The Morgan fingerprint density at radius 3 is 2.79 bits per heavy atom. The monoisotopic (exact) mass is 328 g/mol. The van der Waals surface area contributed by atoms with Crippen LogP contribution in [0.4, 0.5) is 0 Å². The normalized spacial score (nSPS) is 27.0. The molecule has 0 radical (unpaired) electrons. The van der Waals surface area contributed by atoms with Crippen molar-refractivity contribution in [3.05, 3.63) is 29.8 Å². The number of amides is 2. The summed E-state index contributed by atoms with van der Waals surface area (Å²) in [5, 5.41) is 3.15. The maximum Gasteiger partial charge on any atom is 0.225 e. The maximum atomic E-state index is 12.7. The summed E-state index contributed by atoms with van der Waals surface area (Å²) in [6.07, 6.45) is 5.71. The lowest BCUT2D eigenvalue weighted by molar-refractivity contribution is -0.130. The number of fused-ring (bicyclic) bond motifs is 1. The van der Waals surface area contributed by atoms with E-state index in [1.165, 1.54) is 12.8 Å². The highest BCUT2D eigenvalue weighted by Gasteiger charge is 2.39. The minimum atomic E-state index is -0.215. The van der Waals surface area contributed by atoms with Crippen LogP contribution in [-0.2, 0) is 9.59 Å². The summed E-state index contributed by atoms with van der Waals surface area (Å²) in [4.78, 5) is 26.9. The Morgan fingerprint density at radius 1 is 1.17 bits per heavy atom. The van der Waals surface area contributed by atoms with Crippen molar-refractivity contribution in [3.63, 3.8) is 0 Å². The Kier molecular flexibility index (Phi) is 4.17. The van der Waals surface area contributed by atoms with Crippen molar-refractivity contribution < 1.29 is 14.3 Å². The van der Waals surface area contributed by atoms with E-state index in [0.29, 0.717) is 25.6 Å². The van der Waals surface area contributed by atoms with E-state index in [-0.39, 0.29) is 23.8 Å². The van der Waals surface area contributed by atoms with E-state index in [2.05, 4.69) is 5.32 Å². The molecule has 1 N–H and O–H groups in total. The van der Waals surface area contributed by atoms with Crippen LogP contribution < -0.4 is 10.1 Å². The number of hydrogen-bond donors (Lipinski definition) is 1. The van der Waals surface area contributed by atoms with E-state index in [1.54, 1.807) is 0 Å². The Hall–Kier alpha value is -2.04. The predicted molar refractivity (Wildman–Crippen MR) is 89.5 cm³/mol. The molecule has 2 amide bonds. The molecule has 2 fully saturated rings. The van der Waals surface area contributed by atoms with Crippen LogP contribution in [0.5, 0.6) is 5.75 Å². The summed E-state index contributed by atoms with van der Waals surface area (Å²) < 4.78 is 5.65. The summed E-state index contributed by atoms with van der Waals surface area (Å²) in [7, 11) is 0. The molecule has 1 aromatic rings. The third kappa shape index (κ3) is 2.87. The standard InChI is InChI=1S/C19H24N2O3/c22-18-11-13(12-21(18)14-5-1-2-6-14)19(23)20-16-9-10-24-17-8-4-3-7-15(16)17/h3-4,7-8,13-14,16H,1-2,5-6,9-12H2,(H,20,23)/t13-,16-/m1/s1. The van der Waals surface area contributed by atoms with Gasteiger partial charge in [0.2, 0.25) is 11.8 Å². The molecule has 5 nitrogen and oxygen atoms in total. The van der Waals surface area contributed by atoms with Crippen molar-refractivity contribution >= 4 is 11.8 Å². The number of ether oxygens (including phenoxy) is 1. The lowest BCUT2D eigenvalue weighted by atomic mass is 9.99. The smallest absolute Gasteiger partial charge is 0.225 e. The molecule has 2 aliphatic heterocycles. The average Bonchev–Trinajstić information content (AvgIpc) is 3.24. The zero-order valence-corrected chi connectivity index (χ0v) is 13.9. The van der Waals surface area contributed by atoms with Gasteiger partial charge in [0.05, 0.1) is 18.6 Å². The first-order valence-corrected chi connectivity index (χ1v) is 9.04. The van der Waals surface area contributed by atoms with Crippen LogP contribution in [0.1, 0.15) is 50.1 Å². The predicted octanol–water partition coefficient (Wildman–Crippen LogP) is 2.42. The number of likely N-dealkylation sites (tertiary alicyclic amines) is 1. The van der Waals surface area contributed by atoms with Gasteiger partial charge in [0.1, 0.15) is 5.75 Å². The molecule has 1 saturated carbocycles. The van der Waals surface area contributed by atoms with Crippen molar-refractivity contribution in [2.75, 3.05) is 13.2 Å². The number of rotatable bonds is 3. The number of hydrogen-bond acceptors (Lipinski definition) is 3. The van der Waals surface area contributed by atoms with E-state index in [9.17, 15) is 9.59 Å². The van der Waals surface area contributed by atoms with Gasteiger partial charge in [0.25, 0.3) is 0 Å². The summed E-state index contributed by atoms with van der Waals surface area (Å²) in [6.45, 7) is 1.19. The Balaban J connectivity index is 1.41. The number of para-hydroxylation sites is 1. The van der Waals surface area contributed by atoms with E-state index >= 15 is 0 Å². The molecule has 1 saturated heterocycles. The SMILES string of the molecule is O=C(N[C@@H]1CCOc2ccccc21)[C@@H]1CC(=O)N(C2CCCC2)C1. The van der Waals surface area contributed by atoms with Gasteiger partial charge in [-0.1, -0.05) is 31.0 Å². The van der Waals surface area contributed by atoms with Crippen LogP contribution in [0, 0.1) is 5.92 Å². The van der Waals surface area contributed by atoms with Gasteiger partial charge in [0.15, 0.2) is 0 Å². The second-order valence-corrected chi connectivity index (χ2v) is 7.12. The first kappa shape index (κ1) is 15.5. The van der Waals surface area contributed by atoms with Crippen molar-refractivity contribution in [2.24, 2.45) is 5.92 Å². The number of carbonyl (C=O) groups excluding carboxylic acids is 2. The number of nitrogens with zero attached hydrogens (tertiary/aromatic N) is 1. The average molecular weight is 328 g/mol. The second-order valence-electron chi connectivity index (χ2n) is 7.12. The maximum absolute atomic E-state index is 12.7. The van der Waals surface area contributed by atoms with Gasteiger partial charge >= 0.3 is 0 Å². The molecule has 24 heavy (non-hydrogen) atoms. The lowest BCUT2D eigenvalue weighted by Crippen LogP contribution is -2.39. The number of benzene rings is 1. The first-order valence-electron chi connectivity index (χ1n) is 9.04. The highest BCUT2D eigenvalue weighted by molar-refractivity contribution is 5.89. The van der Waals surface area contributed by atoms with Crippen molar-refractivity contribution in [1.82, 2.24) is 10.2 Å². The fraction of sp³-hybridized carbons (Fsp3) is 0.579. The highest BCUT2D eigenvalue weighted by Crippen LogP contribution is 2.33. The van der Waals surface area contributed by atoms with Crippen LogP contribution in [0.15, 0.2) is 24.3 Å². The molecule has 128 valence electrons. The van der Waals surface area contributed by atoms with Gasteiger partial charge in [-0.3, -0.25) is 9.59 Å². The summed E-state index contributed by atoms with van der Waals surface area (Å²) in [5.74, 6) is 0.789. The van der Waals surface area contributed by atoms with E-state index in [1.807, 2.05) is 29.2 Å². The van der Waals surface area contributed by atoms with E-state index < -0.39 is 0 Å². The molecule has 0 bridgehead atoms. The molecule has 3 aliphatic rings. The molecule has 0 aromatic heterocycles.